The lowest BCUT2D eigenvalue weighted by atomic mass is 10.1. The molecule has 2 aromatic rings. The number of carbonyl (C=O) groups is 1. The molecule has 6 heteroatoms. The highest BCUT2D eigenvalue weighted by Gasteiger charge is 2.23. The smallest absolute Gasteiger partial charge is 0.259 e. The van der Waals surface area contributed by atoms with Crippen molar-refractivity contribution in [3.8, 4) is 5.75 Å². The summed E-state index contributed by atoms with van der Waals surface area (Å²) in [5, 5.41) is 0.727. The number of likely N-dealkylation sites (N-methyl/N-ethyl adjacent to an activating group) is 1. The fourth-order valence-electron chi connectivity index (χ4n) is 3.01. The Labute approximate surface area is 165 Å². The number of halogens is 1. The molecule has 1 heterocycles. The highest BCUT2D eigenvalue weighted by atomic mass is 35.5. The molecule has 0 saturated carbocycles. The molecule has 0 aliphatic carbocycles. The maximum atomic E-state index is 11.8. The van der Waals surface area contributed by atoms with Gasteiger partial charge >= 0.3 is 0 Å². The Bertz CT molecular complexity index is 764. The second-order valence-corrected chi connectivity index (χ2v) is 7.27. The second-order valence-electron chi connectivity index (χ2n) is 6.83. The molecular formula is C21H25ClN2O3. The summed E-state index contributed by atoms with van der Waals surface area (Å²) in [6.45, 7) is 3.12. The van der Waals surface area contributed by atoms with E-state index in [1.807, 2.05) is 48.5 Å². The van der Waals surface area contributed by atoms with Gasteiger partial charge in [-0.15, -0.1) is 0 Å². The molecule has 0 bridgehead atoms. The Hall–Kier alpha value is -2.08. The number of hydrogen-bond acceptors (Lipinski definition) is 4. The number of rotatable bonds is 6. The first-order valence-electron chi connectivity index (χ1n) is 9.03. The van der Waals surface area contributed by atoms with Crippen LogP contribution in [0.4, 0.5) is 0 Å². The van der Waals surface area contributed by atoms with Crippen molar-refractivity contribution in [3.63, 3.8) is 0 Å². The lowest BCUT2D eigenvalue weighted by Crippen LogP contribution is -2.38. The Morgan fingerprint density at radius 2 is 1.96 bits per heavy atom. The highest BCUT2D eigenvalue weighted by molar-refractivity contribution is 6.30. The van der Waals surface area contributed by atoms with Crippen molar-refractivity contribution in [1.29, 1.82) is 0 Å². The second kappa shape index (κ2) is 9.22. The molecule has 2 aromatic carbocycles. The summed E-state index contributed by atoms with van der Waals surface area (Å²) in [6.07, 6.45) is 0.0272. The third kappa shape index (κ3) is 5.45. The third-order valence-electron chi connectivity index (χ3n) is 4.61. The van der Waals surface area contributed by atoms with Crippen LogP contribution in [0.3, 0.4) is 0 Å². The standard InChI is InChI=1S/C21H25ClN2O3/c1-23(2)21(25)15-27-19-6-4-3-5-17(19)13-24-11-12-26-20(14-24)16-7-9-18(22)10-8-16/h3-10,20H,11-15H2,1-2H3/t20-/m0/s1. The fourth-order valence-corrected chi connectivity index (χ4v) is 3.14. The van der Waals surface area contributed by atoms with Crippen molar-refractivity contribution in [3.05, 3.63) is 64.7 Å². The molecule has 0 spiro atoms. The summed E-state index contributed by atoms with van der Waals surface area (Å²) >= 11 is 5.98. The van der Waals surface area contributed by atoms with Crippen LogP contribution in [-0.4, -0.2) is 56.1 Å². The van der Waals surface area contributed by atoms with Crippen LogP contribution in [0, 0.1) is 0 Å². The Morgan fingerprint density at radius 1 is 1.22 bits per heavy atom. The lowest BCUT2D eigenvalue weighted by Gasteiger charge is -2.33. The summed E-state index contributed by atoms with van der Waals surface area (Å²) in [4.78, 5) is 15.7. The van der Waals surface area contributed by atoms with Gasteiger partial charge in [0, 0.05) is 44.3 Å². The molecule has 0 N–H and O–H groups in total. The number of benzene rings is 2. The summed E-state index contributed by atoms with van der Waals surface area (Å²) < 4.78 is 11.7. The van der Waals surface area contributed by atoms with Crippen molar-refractivity contribution in [2.24, 2.45) is 0 Å². The van der Waals surface area contributed by atoms with Gasteiger partial charge in [-0.05, 0) is 23.8 Å². The van der Waals surface area contributed by atoms with E-state index in [0.717, 1.165) is 41.5 Å². The zero-order valence-corrected chi connectivity index (χ0v) is 16.5. The van der Waals surface area contributed by atoms with Gasteiger partial charge < -0.3 is 14.4 Å². The van der Waals surface area contributed by atoms with Gasteiger partial charge in [-0.25, -0.2) is 0 Å². The molecule has 0 aromatic heterocycles. The van der Waals surface area contributed by atoms with E-state index >= 15 is 0 Å². The van der Waals surface area contributed by atoms with Crippen molar-refractivity contribution in [2.45, 2.75) is 12.6 Å². The normalized spacial score (nSPS) is 17.5. The summed E-state index contributed by atoms with van der Waals surface area (Å²) in [5.41, 5.74) is 2.20. The van der Waals surface area contributed by atoms with Crippen LogP contribution in [0.2, 0.25) is 5.02 Å². The molecule has 1 aliphatic heterocycles. The van der Waals surface area contributed by atoms with Crippen molar-refractivity contribution < 1.29 is 14.3 Å². The molecular weight excluding hydrogens is 364 g/mol. The minimum atomic E-state index is -0.0565. The number of carbonyl (C=O) groups excluding carboxylic acids is 1. The molecule has 0 radical (unpaired) electrons. The number of morpholine rings is 1. The quantitative estimate of drug-likeness (QED) is 0.760. The summed E-state index contributed by atoms with van der Waals surface area (Å²) in [5.74, 6) is 0.696. The van der Waals surface area contributed by atoms with Crippen LogP contribution in [0.1, 0.15) is 17.2 Å². The van der Waals surface area contributed by atoms with Crippen LogP contribution < -0.4 is 4.74 Å². The van der Waals surface area contributed by atoms with E-state index in [1.54, 1.807) is 14.1 Å². The molecule has 1 atom stereocenters. The minimum absolute atomic E-state index is 0.0272. The van der Waals surface area contributed by atoms with E-state index < -0.39 is 0 Å². The minimum Gasteiger partial charge on any atom is -0.483 e. The lowest BCUT2D eigenvalue weighted by molar-refractivity contribution is -0.130. The van der Waals surface area contributed by atoms with Crippen LogP contribution in [-0.2, 0) is 16.1 Å². The van der Waals surface area contributed by atoms with E-state index in [9.17, 15) is 4.79 Å². The Kier molecular flexibility index (Phi) is 6.72. The molecule has 3 rings (SSSR count). The van der Waals surface area contributed by atoms with Gasteiger partial charge in [-0.2, -0.15) is 0 Å². The van der Waals surface area contributed by atoms with Gasteiger partial charge in [-0.1, -0.05) is 41.9 Å². The number of hydrogen-bond donors (Lipinski definition) is 0. The van der Waals surface area contributed by atoms with Crippen molar-refractivity contribution in [1.82, 2.24) is 9.80 Å². The summed E-state index contributed by atoms with van der Waals surface area (Å²) in [6, 6.07) is 15.7. The van der Waals surface area contributed by atoms with E-state index in [4.69, 9.17) is 21.1 Å². The molecule has 1 saturated heterocycles. The maximum Gasteiger partial charge on any atom is 0.259 e. The average Bonchev–Trinajstić information content (AvgIpc) is 2.68. The van der Waals surface area contributed by atoms with Crippen molar-refractivity contribution >= 4 is 17.5 Å². The average molecular weight is 389 g/mol. The Morgan fingerprint density at radius 3 is 2.70 bits per heavy atom. The number of amides is 1. The maximum absolute atomic E-state index is 11.8. The zero-order chi connectivity index (χ0) is 19.2. The van der Waals surface area contributed by atoms with E-state index in [-0.39, 0.29) is 18.6 Å². The van der Waals surface area contributed by atoms with Crippen LogP contribution in [0.15, 0.2) is 48.5 Å². The molecule has 1 fully saturated rings. The van der Waals surface area contributed by atoms with Gasteiger partial charge in [0.25, 0.3) is 5.91 Å². The highest BCUT2D eigenvalue weighted by Crippen LogP contribution is 2.26. The molecule has 0 unspecified atom stereocenters. The first-order valence-corrected chi connectivity index (χ1v) is 9.41. The molecule has 144 valence electrons. The first-order chi connectivity index (χ1) is 13.0. The first kappa shape index (κ1) is 19.7. The predicted octanol–water partition coefficient (Wildman–Crippen LogP) is 3.38. The van der Waals surface area contributed by atoms with Crippen molar-refractivity contribution in [2.75, 3.05) is 40.4 Å². The number of para-hydroxylation sites is 1. The summed E-state index contributed by atoms with van der Waals surface area (Å²) in [7, 11) is 3.45. The van der Waals surface area contributed by atoms with Gasteiger partial charge in [0.2, 0.25) is 0 Å². The largest absolute Gasteiger partial charge is 0.483 e. The van der Waals surface area contributed by atoms with Crippen LogP contribution in [0.25, 0.3) is 0 Å². The molecule has 1 aliphatic rings. The topological polar surface area (TPSA) is 42.0 Å². The molecule has 5 nitrogen and oxygen atoms in total. The number of ether oxygens (including phenoxy) is 2. The SMILES string of the molecule is CN(C)C(=O)COc1ccccc1CN1CCO[C@H](c2ccc(Cl)cc2)C1. The van der Waals surface area contributed by atoms with E-state index in [1.165, 1.54) is 4.90 Å². The van der Waals surface area contributed by atoms with Gasteiger partial charge in [0.05, 0.1) is 12.7 Å². The fraction of sp³-hybridized carbons (Fsp3) is 0.381. The molecule has 27 heavy (non-hydrogen) atoms. The predicted molar refractivity (Wildman–Crippen MR) is 106 cm³/mol. The van der Waals surface area contributed by atoms with Crippen LogP contribution >= 0.6 is 11.6 Å². The zero-order valence-electron chi connectivity index (χ0n) is 15.7. The van der Waals surface area contributed by atoms with Gasteiger partial charge in [-0.3, -0.25) is 9.69 Å². The van der Waals surface area contributed by atoms with E-state index in [0.29, 0.717) is 6.61 Å². The van der Waals surface area contributed by atoms with Gasteiger partial charge in [0.15, 0.2) is 6.61 Å². The van der Waals surface area contributed by atoms with Crippen LogP contribution in [0.5, 0.6) is 5.75 Å². The molecule has 1 amide bonds. The monoisotopic (exact) mass is 388 g/mol. The third-order valence-corrected chi connectivity index (χ3v) is 4.86. The number of nitrogens with zero attached hydrogens (tertiary/aromatic N) is 2. The van der Waals surface area contributed by atoms with E-state index in [2.05, 4.69) is 4.90 Å². The Balaban J connectivity index is 1.64. The van der Waals surface area contributed by atoms with Gasteiger partial charge in [0.1, 0.15) is 5.75 Å².